The molecule has 202 valence electrons. The number of fused-ring (bicyclic) bond motifs is 4. The van der Waals surface area contributed by atoms with Gasteiger partial charge in [0.25, 0.3) is 11.8 Å². The Bertz CT molecular complexity index is 1520. The van der Waals surface area contributed by atoms with E-state index >= 15 is 0 Å². The maximum absolute atomic E-state index is 14.1. The van der Waals surface area contributed by atoms with Gasteiger partial charge in [0.1, 0.15) is 36.3 Å². The quantitative estimate of drug-likeness (QED) is 0.486. The molecule has 0 spiro atoms. The SMILES string of the molecule is CC1C=C[C@H](C)N2CN1C(=O)c1c(OCc3ccccc3)c(=O)c(C(=O)NCc3c(F)cc(F)cc3F)cn12. The van der Waals surface area contributed by atoms with Gasteiger partial charge in [-0.1, -0.05) is 42.5 Å². The number of hydrogen-bond donors (Lipinski definition) is 1. The van der Waals surface area contributed by atoms with E-state index in [9.17, 15) is 27.6 Å². The van der Waals surface area contributed by atoms with E-state index in [1.807, 2.05) is 32.1 Å². The predicted octanol–water partition coefficient (Wildman–Crippen LogP) is 3.47. The van der Waals surface area contributed by atoms with Gasteiger partial charge < -0.3 is 15.0 Å². The number of carbonyl (C=O) groups excluding carboxylic acids is 2. The number of rotatable bonds is 6. The lowest BCUT2D eigenvalue weighted by Gasteiger charge is -2.42. The van der Waals surface area contributed by atoms with Crippen molar-refractivity contribution < 1.29 is 27.5 Å². The number of aromatic nitrogens is 1. The smallest absolute Gasteiger partial charge is 0.278 e. The van der Waals surface area contributed by atoms with Crippen molar-refractivity contribution in [1.29, 1.82) is 0 Å². The zero-order valence-corrected chi connectivity index (χ0v) is 21.2. The van der Waals surface area contributed by atoms with E-state index in [-0.39, 0.29) is 42.4 Å². The van der Waals surface area contributed by atoms with Crippen LogP contribution in [-0.2, 0) is 13.2 Å². The van der Waals surface area contributed by atoms with E-state index in [4.69, 9.17) is 4.74 Å². The molecule has 0 aliphatic carbocycles. The molecule has 0 radical (unpaired) electrons. The van der Waals surface area contributed by atoms with Gasteiger partial charge in [-0.05, 0) is 19.4 Å². The highest BCUT2D eigenvalue weighted by Gasteiger charge is 2.39. The van der Waals surface area contributed by atoms with Crippen molar-refractivity contribution in [3.8, 4) is 5.75 Å². The van der Waals surface area contributed by atoms with Gasteiger partial charge >= 0.3 is 0 Å². The Kier molecular flexibility index (Phi) is 6.90. The number of amides is 2. The highest BCUT2D eigenvalue weighted by Crippen LogP contribution is 2.28. The Morgan fingerprint density at radius 3 is 2.38 bits per heavy atom. The third kappa shape index (κ3) is 4.87. The minimum atomic E-state index is -1.17. The lowest BCUT2D eigenvalue weighted by Crippen LogP contribution is -2.57. The summed E-state index contributed by atoms with van der Waals surface area (Å²) in [4.78, 5) is 42.0. The molecule has 2 aliphatic rings. The van der Waals surface area contributed by atoms with Crippen molar-refractivity contribution in [2.45, 2.75) is 39.1 Å². The molecule has 8 nitrogen and oxygen atoms in total. The van der Waals surface area contributed by atoms with Gasteiger partial charge in [-0.3, -0.25) is 24.1 Å². The first-order chi connectivity index (χ1) is 18.7. The summed E-state index contributed by atoms with van der Waals surface area (Å²) in [6.07, 6.45) is 5.03. The average molecular weight is 539 g/mol. The molecular weight excluding hydrogens is 513 g/mol. The van der Waals surface area contributed by atoms with Crippen molar-refractivity contribution in [3.05, 3.63) is 111 Å². The lowest BCUT2D eigenvalue weighted by atomic mass is 10.1. The number of hydrogen-bond acceptors (Lipinski definition) is 5. The maximum atomic E-state index is 14.1. The second-order valence-electron chi connectivity index (χ2n) is 9.42. The van der Waals surface area contributed by atoms with Crippen LogP contribution in [0.3, 0.4) is 0 Å². The number of nitrogens with one attached hydrogen (secondary N) is 1. The zero-order chi connectivity index (χ0) is 27.8. The standard InChI is InChI=1S/C28H25F3N4O4/c1-16-8-9-17(2)35-15-33(16)28(38)24-26(39-14-18-6-4-3-5-7-18)25(36)21(13-34(24)35)27(37)32-12-20-22(30)10-19(29)11-23(20)31/h3-11,13,16-17H,12,14-15H2,1-2H3,(H,32,37)/t16?,17-/m0/s1. The molecule has 2 amide bonds. The first kappa shape index (κ1) is 26.1. The average Bonchev–Trinajstić information content (AvgIpc) is 3.03. The molecule has 1 aromatic heterocycles. The van der Waals surface area contributed by atoms with Crippen molar-refractivity contribution in [2.75, 3.05) is 11.7 Å². The van der Waals surface area contributed by atoms with Crippen molar-refractivity contribution >= 4 is 11.8 Å². The van der Waals surface area contributed by atoms with Crippen molar-refractivity contribution in [1.82, 2.24) is 14.9 Å². The number of ether oxygens (including phenoxy) is 1. The molecule has 1 N–H and O–H groups in total. The second kappa shape index (κ2) is 10.3. The summed E-state index contributed by atoms with van der Waals surface area (Å²) in [6, 6.07) is 9.52. The number of carbonyl (C=O) groups is 2. The van der Waals surface area contributed by atoms with Gasteiger partial charge in [0.05, 0.1) is 6.04 Å². The molecule has 2 atom stereocenters. The van der Waals surface area contributed by atoms with Crippen LogP contribution in [0, 0.1) is 17.5 Å². The van der Waals surface area contributed by atoms with Crippen LogP contribution in [0.15, 0.2) is 65.6 Å². The fourth-order valence-electron chi connectivity index (χ4n) is 4.60. The second-order valence-corrected chi connectivity index (χ2v) is 9.42. The summed E-state index contributed by atoms with van der Waals surface area (Å²) in [5.74, 6) is -5.14. The number of nitrogens with zero attached hydrogens (tertiary/aromatic N) is 3. The lowest BCUT2D eigenvalue weighted by molar-refractivity contribution is 0.0649. The van der Waals surface area contributed by atoms with Gasteiger partial charge in [0.2, 0.25) is 5.43 Å². The molecule has 1 unspecified atom stereocenters. The molecule has 2 aliphatic heterocycles. The minimum absolute atomic E-state index is 0.0308. The van der Waals surface area contributed by atoms with Crippen LogP contribution in [0.4, 0.5) is 13.2 Å². The van der Waals surface area contributed by atoms with Crippen molar-refractivity contribution in [2.24, 2.45) is 0 Å². The summed E-state index contributed by atoms with van der Waals surface area (Å²) < 4.78 is 48.9. The molecule has 5 rings (SSSR count). The minimum Gasteiger partial charge on any atom is -0.482 e. The largest absolute Gasteiger partial charge is 0.482 e. The fourth-order valence-corrected chi connectivity index (χ4v) is 4.60. The van der Waals surface area contributed by atoms with E-state index in [0.29, 0.717) is 12.1 Å². The van der Waals surface area contributed by atoms with E-state index in [1.54, 1.807) is 34.2 Å². The Balaban J connectivity index is 1.57. The Labute approximate surface area is 221 Å². The summed E-state index contributed by atoms with van der Waals surface area (Å²) >= 11 is 0. The monoisotopic (exact) mass is 538 g/mol. The summed E-state index contributed by atoms with van der Waals surface area (Å²) in [5, 5.41) is 4.12. The molecule has 0 saturated carbocycles. The van der Waals surface area contributed by atoms with Gasteiger partial charge in [-0.15, -0.1) is 0 Å². The molecule has 0 saturated heterocycles. The van der Waals surface area contributed by atoms with E-state index in [2.05, 4.69) is 5.32 Å². The van der Waals surface area contributed by atoms with Crippen LogP contribution in [0.2, 0.25) is 0 Å². The number of benzene rings is 2. The van der Waals surface area contributed by atoms with Crippen LogP contribution in [0.5, 0.6) is 5.75 Å². The van der Waals surface area contributed by atoms with Crippen LogP contribution in [0.25, 0.3) is 0 Å². The molecular formula is C28H25F3N4O4. The summed E-state index contributed by atoms with van der Waals surface area (Å²) in [6.45, 7) is 3.27. The van der Waals surface area contributed by atoms with Gasteiger partial charge in [-0.25, -0.2) is 13.2 Å². The van der Waals surface area contributed by atoms with Crippen LogP contribution in [-0.4, -0.2) is 40.1 Å². The number of halogens is 3. The van der Waals surface area contributed by atoms with Crippen LogP contribution >= 0.6 is 0 Å². The first-order valence-electron chi connectivity index (χ1n) is 12.3. The van der Waals surface area contributed by atoms with E-state index < -0.39 is 46.8 Å². The van der Waals surface area contributed by atoms with Crippen LogP contribution < -0.4 is 20.5 Å². The molecule has 3 aromatic rings. The van der Waals surface area contributed by atoms with Gasteiger partial charge in [0.15, 0.2) is 11.4 Å². The highest BCUT2D eigenvalue weighted by molar-refractivity contribution is 5.99. The topological polar surface area (TPSA) is 83.9 Å². The van der Waals surface area contributed by atoms with Crippen molar-refractivity contribution in [3.63, 3.8) is 0 Å². The Morgan fingerprint density at radius 2 is 1.69 bits per heavy atom. The Hall–Kier alpha value is -4.54. The fraction of sp³-hybridized carbons (Fsp3) is 0.250. The molecule has 0 fully saturated rings. The third-order valence-corrected chi connectivity index (χ3v) is 6.82. The molecule has 3 heterocycles. The van der Waals surface area contributed by atoms with Gasteiger partial charge in [-0.2, -0.15) is 0 Å². The normalized spacial score (nSPS) is 18.0. The van der Waals surface area contributed by atoms with E-state index in [1.165, 1.54) is 10.9 Å². The Morgan fingerprint density at radius 1 is 1.03 bits per heavy atom. The molecule has 39 heavy (non-hydrogen) atoms. The van der Waals surface area contributed by atoms with E-state index in [0.717, 1.165) is 5.56 Å². The molecule has 11 heteroatoms. The maximum Gasteiger partial charge on any atom is 0.278 e. The zero-order valence-electron chi connectivity index (χ0n) is 21.2. The highest BCUT2D eigenvalue weighted by atomic mass is 19.1. The predicted molar refractivity (Wildman–Crippen MR) is 136 cm³/mol. The molecule has 2 aromatic carbocycles. The van der Waals surface area contributed by atoms with Gasteiger partial charge in [0, 0.05) is 36.5 Å². The summed E-state index contributed by atoms with van der Waals surface area (Å²) in [5.41, 5.74) is -1.10. The first-order valence-corrected chi connectivity index (χ1v) is 12.3. The summed E-state index contributed by atoms with van der Waals surface area (Å²) in [7, 11) is 0. The molecule has 2 bridgehead atoms. The van der Waals surface area contributed by atoms with Crippen LogP contribution in [0.1, 0.15) is 45.8 Å². The third-order valence-electron chi connectivity index (χ3n) is 6.82. The number of pyridine rings is 1.